The van der Waals surface area contributed by atoms with Crippen LogP contribution in [0.3, 0.4) is 0 Å². The summed E-state index contributed by atoms with van der Waals surface area (Å²) in [6, 6.07) is 15.4. The van der Waals surface area contributed by atoms with Crippen LogP contribution in [-0.2, 0) is 19.1 Å². The third-order valence-electron chi connectivity index (χ3n) is 6.36. The van der Waals surface area contributed by atoms with Crippen molar-refractivity contribution in [2.45, 2.75) is 37.8 Å². The van der Waals surface area contributed by atoms with Gasteiger partial charge in [-0.25, -0.2) is 9.59 Å². The molecule has 174 valence electrons. The van der Waals surface area contributed by atoms with E-state index in [1.807, 2.05) is 36.4 Å². The molecule has 4 rings (SSSR count). The number of benzene rings is 2. The van der Waals surface area contributed by atoms with Gasteiger partial charge in [-0.1, -0.05) is 55.5 Å². The molecule has 1 aliphatic carbocycles. The van der Waals surface area contributed by atoms with Crippen molar-refractivity contribution in [2.24, 2.45) is 5.92 Å². The molecule has 1 fully saturated rings. The predicted molar refractivity (Wildman–Crippen MR) is 121 cm³/mol. The van der Waals surface area contributed by atoms with E-state index in [1.54, 1.807) is 6.92 Å². The molecular formula is C25H28N2O6. The number of ether oxygens (including phenoxy) is 2. The molecule has 0 radical (unpaired) electrons. The lowest BCUT2D eigenvalue weighted by molar-refractivity contribution is -0.149. The normalized spacial score (nSPS) is 19.9. The molecule has 1 heterocycles. The van der Waals surface area contributed by atoms with Crippen molar-refractivity contribution in [3.63, 3.8) is 0 Å². The second-order valence-electron chi connectivity index (χ2n) is 8.35. The minimum atomic E-state index is -1.03. The van der Waals surface area contributed by atoms with Crippen molar-refractivity contribution >= 4 is 18.0 Å². The van der Waals surface area contributed by atoms with Crippen LogP contribution in [-0.4, -0.2) is 55.0 Å². The fraction of sp³-hybridized carbons (Fsp3) is 0.400. The van der Waals surface area contributed by atoms with Gasteiger partial charge in [-0.2, -0.15) is 0 Å². The lowest BCUT2D eigenvalue weighted by atomic mass is 9.98. The number of carbonyl (C=O) groups excluding carboxylic acids is 2. The second kappa shape index (κ2) is 10.0. The highest BCUT2D eigenvalue weighted by atomic mass is 16.5. The second-order valence-corrected chi connectivity index (χ2v) is 8.35. The average molecular weight is 453 g/mol. The zero-order valence-corrected chi connectivity index (χ0v) is 18.5. The van der Waals surface area contributed by atoms with E-state index in [-0.39, 0.29) is 30.9 Å². The van der Waals surface area contributed by atoms with E-state index in [1.165, 1.54) is 0 Å². The standard InChI is InChI=1S/C25H28N2O6/c1-2-21(23(28)26-13-15-11-12-32-22(15)24(29)30)27-25(31)33-14-20-18-9-5-3-7-16(18)17-8-4-6-10-19(17)20/h3-10,15,20-22H,2,11-14H2,1H3,(H,26,28)(H,27,31)(H,29,30)/t15-,21?,22-/m0/s1. The minimum Gasteiger partial charge on any atom is -0.479 e. The molecule has 2 aliphatic rings. The molecule has 0 spiro atoms. The van der Waals surface area contributed by atoms with E-state index < -0.39 is 24.2 Å². The Labute approximate surface area is 192 Å². The summed E-state index contributed by atoms with van der Waals surface area (Å²) in [4.78, 5) is 36.3. The first-order valence-corrected chi connectivity index (χ1v) is 11.2. The van der Waals surface area contributed by atoms with Crippen LogP contribution in [0.25, 0.3) is 11.1 Å². The van der Waals surface area contributed by atoms with Crippen LogP contribution in [0.15, 0.2) is 48.5 Å². The molecular weight excluding hydrogens is 424 g/mol. The number of carboxylic acid groups (broad SMARTS) is 1. The maximum atomic E-state index is 12.6. The van der Waals surface area contributed by atoms with Crippen LogP contribution in [0.5, 0.6) is 0 Å². The lowest BCUT2D eigenvalue weighted by Crippen LogP contribution is -2.48. The quantitative estimate of drug-likeness (QED) is 0.568. The fourth-order valence-electron chi connectivity index (χ4n) is 4.61. The van der Waals surface area contributed by atoms with Crippen molar-refractivity contribution in [3.05, 3.63) is 59.7 Å². The number of amides is 2. The number of alkyl carbamates (subject to hydrolysis) is 1. The third-order valence-corrected chi connectivity index (χ3v) is 6.36. The van der Waals surface area contributed by atoms with Crippen molar-refractivity contribution in [2.75, 3.05) is 19.8 Å². The largest absolute Gasteiger partial charge is 0.479 e. The highest BCUT2D eigenvalue weighted by molar-refractivity contribution is 5.85. The first-order chi connectivity index (χ1) is 16.0. The molecule has 0 saturated carbocycles. The molecule has 8 heteroatoms. The molecule has 2 aromatic carbocycles. The molecule has 3 N–H and O–H groups in total. The number of hydrogen-bond donors (Lipinski definition) is 3. The van der Waals surface area contributed by atoms with Crippen LogP contribution in [0.4, 0.5) is 4.79 Å². The summed E-state index contributed by atoms with van der Waals surface area (Å²) in [5, 5.41) is 14.5. The number of hydrogen-bond acceptors (Lipinski definition) is 5. The molecule has 2 amide bonds. The van der Waals surface area contributed by atoms with E-state index in [0.717, 1.165) is 22.3 Å². The molecule has 3 atom stereocenters. The van der Waals surface area contributed by atoms with Crippen LogP contribution < -0.4 is 10.6 Å². The predicted octanol–water partition coefficient (Wildman–Crippen LogP) is 2.91. The van der Waals surface area contributed by atoms with Gasteiger partial charge in [-0.3, -0.25) is 4.79 Å². The smallest absolute Gasteiger partial charge is 0.407 e. The number of nitrogens with one attached hydrogen (secondary N) is 2. The molecule has 8 nitrogen and oxygen atoms in total. The Balaban J connectivity index is 1.32. The zero-order valence-electron chi connectivity index (χ0n) is 18.5. The maximum Gasteiger partial charge on any atom is 0.407 e. The van der Waals surface area contributed by atoms with Crippen LogP contribution in [0.2, 0.25) is 0 Å². The molecule has 1 unspecified atom stereocenters. The summed E-state index contributed by atoms with van der Waals surface area (Å²) >= 11 is 0. The Hall–Kier alpha value is -3.39. The summed E-state index contributed by atoms with van der Waals surface area (Å²) in [6.07, 6.45) is -0.639. The van der Waals surface area contributed by atoms with Gasteiger partial charge in [0.1, 0.15) is 12.6 Å². The molecule has 33 heavy (non-hydrogen) atoms. The number of fused-ring (bicyclic) bond motifs is 3. The van der Waals surface area contributed by atoms with Gasteiger partial charge in [-0.15, -0.1) is 0 Å². The van der Waals surface area contributed by atoms with Crippen LogP contribution in [0, 0.1) is 5.92 Å². The number of rotatable bonds is 8. The highest BCUT2D eigenvalue weighted by Crippen LogP contribution is 2.44. The van der Waals surface area contributed by atoms with Crippen LogP contribution in [0.1, 0.15) is 36.8 Å². The van der Waals surface area contributed by atoms with Crippen LogP contribution >= 0.6 is 0 Å². The average Bonchev–Trinajstić information content (AvgIpc) is 3.42. The minimum absolute atomic E-state index is 0.0626. The summed E-state index contributed by atoms with van der Waals surface area (Å²) in [6.45, 7) is 2.48. The van der Waals surface area contributed by atoms with Gasteiger partial charge < -0.3 is 25.2 Å². The summed E-state index contributed by atoms with van der Waals surface area (Å²) < 4.78 is 10.7. The van der Waals surface area contributed by atoms with Gasteiger partial charge in [0.05, 0.1) is 0 Å². The Morgan fingerprint density at radius 3 is 2.33 bits per heavy atom. The fourth-order valence-corrected chi connectivity index (χ4v) is 4.61. The van der Waals surface area contributed by atoms with Crippen molar-refractivity contribution < 1.29 is 29.0 Å². The zero-order chi connectivity index (χ0) is 23.4. The summed E-state index contributed by atoms with van der Waals surface area (Å²) in [7, 11) is 0. The molecule has 2 aromatic rings. The van der Waals surface area contributed by atoms with Crippen molar-refractivity contribution in [3.8, 4) is 11.1 Å². The monoisotopic (exact) mass is 452 g/mol. The SMILES string of the molecule is CCC(NC(=O)OCC1c2ccccc2-c2ccccc21)C(=O)NC[C@@H]1CCO[C@@H]1C(=O)O. The summed E-state index contributed by atoms with van der Waals surface area (Å²) in [5.74, 6) is -1.76. The van der Waals surface area contributed by atoms with Gasteiger partial charge in [-0.05, 0) is 35.1 Å². The first-order valence-electron chi connectivity index (χ1n) is 11.2. The molecule has 1 aliphatic heterocycles. The van der Waals surface area contributed by atoms with Gasteiger partial charge in [0.2, 0.25) is 5.91 Å². The Morgan fingerprint density at radius 1 is 1.09 bits per heavy atom. The Kier molecular flexibility index (Phi) is 6.93. The highest BCUT2D eigenvalue weighted by Gasteiger charge is 2.35. The van der Waals surface area contributed by atoms with E-state index in [4.69, 9.17) is 9.47 Å². The Bertz CT molecular complexity index is 994. The molecule has 0 bridgehead atoms. The van der Waals surface area contributed by atoms with E-state index in [0.29, 0.717) is 19.4 Å². The van der Waals surface area contributed by atoms with Gasteiger partial charge >= 0.3 is 12.1 Å². The van der Waals surface area contributed by atoms with E-state index in [2.05, 4.69) is 22.8 Å². The third kappa shape index (κ3) is 4.85. The van der Waals surface area contributed by atoms with Crippen molar-refractivity contribution in [1.29, 1.82) is 0 Å². The topological polar surface area (TPSA) is 114 Å². The number of aliphatic carboxylic acids is 1. The Morgan fingerprint density at radius 2 is 1.73 bits per heavy atom. The van der Waals surface area contributed by atoms with Gasteiger partial charge in [0.25, 0.3) is 0 Å². The number of carboxylic acids is 1. The maximum absolute atomic E-state index is 12.6. The van der Waals surface area contributed by atoms with E-state index in [9.17, 15) is 19.5 Å². The lowest BCUT2D eigenvalue weighted by Gasteiger charge is -2.20. The summed E-state index contributed by atoms with van der Waals surface area (Å²) in [5.41, 5.74) is 4.51. The van der Waals surface area contributed by atoms with Crippen molar-refractivity contribution in [1.82, 2.24) is 10.6 Å². The van der Waals surface area contributed by atoms with E-state index >= 15 is 0 Å². The number of carbonyl (C=O) groups is 3. The van der Waals surface area contributed by atoms with Gasteiger partial charge in [0, 0.05) is 25.0 Å². The first kappa shape index (κ1) is 22.8. The molecule has 0 aromatic heterocycles. The van der Waals surface area contributed by atoms with Gasteiger partial charge in [0.15, 0.2) is 6.10 Å². The molecule has 1 saturated heterocycles.